The van der Waals surface area contributed by atoms with Gasteiger partial charge < -0.3 is 34.7 Å². The van der Waals surface area contributed by atoms with Gasteiger partial charge in [-0.1, -0.05) is 12.1 Å². The zero-order valence-corrected chi connectivity index (χ0v) is 27.5. The first-order valence-electron chi connectivity index (χ1n) is 16.3. The Morgan fingerprint density at radius 3 is 2.42 bits per heavy atom. The summed E-state index contributed by atoms with van der Waals surface area (Å²) in [7, 11) is -0.279. The number of likely N-dealkylation sites (N-methyl/N-ethyl adjacent to an activating group) is 1. The van der Waals surface area contributed by atoms with Crippen molar-refractivity contribution in [3.8, 4) is 5.75 Å². The van der Waals surface area contributed by atoms with Gasteiger partial charge in [-0.15, -0.1) is 0 Å². The van der Waals surface area contributed by atoms with Crippen LogP contribution >= 0.6 is 7.14 Å². The van der Waals surface area contributed by atoms with Gasteiger partial charge in [0.1, 0.15) is 24.4 Å². The summed E-state index contributed by atoms with van der Waals surface area (Å²) >= 11 is 0. The van der Waals surface area contributed by atoms with Crippen LogP contribution in [0.1, 0.15) is 32.1 Å². The highest BCUT2D eigenvalue weighted by Gasteiger charge is 2.29. The summed E-state index contributed by atoms with van der Waals surface area (Å²) in [6.45, 7) is 10.3. The summed E-state index contributed by atoms with van der Waals surface area (Å²) < 4.78 is 19.6. The van der Waals surface area contributed by atoms with Crippen molar-refractivity contribution in [1.29, 1.82) is 0 Å². The molecule has 2 aromatic heterocycles. The molecule has 3 aliphatic rings. The van der Waals surface area contributed by atoms with Crippen molar-refractivity contribution in [1.82, 2.24) is 24.8 Å². The van der Waals surface area contributed by atoms with Crippen LogP contribution in [0.4, 0.5) is 28.8 Å². The lowest BCUT2D eigenvalue weighted by molar-refractivity contribution is 0.0976. The van der Waals surface area contributed by atoms with E-state index < -0.39 is 7.14 Å². The molecule has 2 aromatic carbocycles. The Bertz CT molecular complexity index is 1680. The van der Waals surface area contributed by atoms with Crippen molar-refractivity contribution in [2.45, 2.75) is 44.2 Å². The molecule has 0 unspecified atom stereocenters. The second-order valence-corrected chi connectivity index (χ2v) is 16.3. The number of aromatic amines is 1. The Hall–Kier alpha value is -3.59. The molecule has 1 saturated carbocycles. The Morgan fingerprint density at radius 2 is 1.69 bits per heavy atom. The summed E-state index contributed by atoms with van der Waals surface area (Å²) in [6.07, 6.45) is 7.93. The molecule has 4 aromatic rings. The van der Waals surface area contributed by atoms with Gasteiger partial charge in [0, 0.05) is 68.6 Å². The van der Waals surface area contributed by atoms with Gasteiger partial charge in [-0.25, -0.2) is 0 Å². The molecule has 0 radical (unpaired) electrons. The molecule has 0 amide bonds. The molecule has 3 fully saturated rings. The number of fused-ring (bicyclic) bond motifs is 1. The first-order chi connectivity index (χ1) is 21.8. The fraction of sp³-hybridized carbons (Fsp3) is 0.471. The number of H-pyrrole nitrogens is 1. The molecule has 11 heteroatoms. The minimum absolute atomic E-state index is 0.275. The Morgan fingerprint density at radius 1 is 0.911 bits per heavy atom. The second-order valence-electron chi connectivity index (χ2n) is 13.2. The van der Waals surface area contributed by atoms with E-state index in [1.807, 2.05) is 36.5 Å². The summed E-state index contributed by atoms with van der Waals surface area (Å²) in [6, 6.07) is 16.7. The molecule has 238 valence electrons. The van der Waals surface area contributed by atoms with E-state index in [1.165, 1.54) is 51.1 Å². The molecule has 0 bridgehead atoms. The number of ether oxygens (including phenoxy) is 1. The van der Waals surface area contributed by atoms with E-state index in [-0.39, 0.29) is 6.10 Å². The number of hydrogen-bond acceptors (Lipinski definition) is 9. The Kier molecular flexibility index (Phi) is 8.46. The van der Waals surface area contributed by atoms with Gasteiger partial charge in [0.25, 0.3) is 0 Å². The third-order valence-electron chi connectivity index (χ3n) is 9.57. The van der Waals surface area contributed by atoms with Crippen molar-refractivity contribution in [3.05, 3.63) is 54.7 Å². The van der Waals surface area contributed by atoms with Crippen LogP contribution in [0, 0.1) is 0 Å². The number of nitrogens with zero attached hydrogens (tertiary/aromatic N) is 5. The standard InChI is InChI=1S/C34H45N8O2P/c1-40-19-21-41(22-20-40)25-14-17-42(18-15-25)29-12-11-24(23-30(29)44-26-7-6-8-26)36-34-38-32-27(13-16-35-32)33(39-34)37-28-9-4-5-10-31(28)45(2,3)43/h4-5,9-13,16,23,25-26H,6-8,14-15,17-22H2,1-3H3,(H3,35,36,37,38,39). The Balaban J connectivity index is 1.12. The van der Waals surface area contributed by atoms with Crippen molar-refractivity contribution in [3.63, 3.8) is 0 Å². The van der Waals surface area contributed by atoms with Crippen LogP contribution in [0.15, 0.2) is 54.7 Å². The smallest absolute Gasteiger partial charge is 0.231 e. The van der Waals surface area contributed by atoms with Crippen molar-refractivity contribution in [2.24, 2.45) is 0 Å². The summed E-state index contributed by atoms with van der Waals surface area (Å²) in [5.74, 6) is 2.05. The van der Waals surface area contributed by atoms with Crippen LogP contribution in [0.25, 0.3) is 11.0 Å². The first kappa shape index (κ1) is 30.1. The highest BCUT2D eigenvalue weighted by atomic mass is 31.2. The highest BCUT2D eigenvalue weighted by Crippen LogP contribution is 2.40. The van der Waals surface area contributed by atoms with Gasteiger partial charge in [0.05, 0.1) is 22.9 Å². The number of piperidine rings is 1. The van der Waals surface area contributed by atoms with E-state index in [0.29, 0.717) is 17.8 Å². The van der Waals surface area contributed by atoms with Crippen molar-refractivity contribution < 1.29 is 9.30 Å². The lowest BCUT2D eigenvalue weighted by Gasteiger charge is -2.43. The van der Waals surface area contributed by atoms with Crippen LogP contribution in [0.5, 0.6) is 5.75 Å². The zero-order chi connectivity index (χ0) is 31.0. The SMILES string of the molecule is CN1CCN(C2CCN(c3ccc(Nc4nc(Nc5ccccc5P(C)(C)=O)c5cc[nH]c5n4)cc3OC3CCC3)CC2)CC1. The van der Waals surface area contributed by atoms with E-state index in [9.17, 15) is 4.57 Å². The van der Waals surface area contributed by atoms with E-state index in [0.717, 1.165) is 59.4 Å². The first-order valence-corrected chi connectivity index (χ1v) is 18.9. The lowest BCUT2D eigenvalue weighted by Crippen LogP contribution is -2.52. The molecule has 4 heterocycles. The molecular formula is C34H45N8O2P. The van der Waals surface area contributed by atoms with Gasteiger partial charge in [-0.05, 0) is 82.8 Å². The molecule has 0 atom stereocenters. The number of anilines is 5. The van der Waals surface area contributed by atoms with E-state index in [2.05, 4.69) is 55.6 Å². The normalized spacial score (nSPS) is 19.0. The predicted molar refractivity (Wildman–Crippen MR) is 185 cm³/mol. The number of piperazine rings is 1. The number of hydrogen-bond donors (Lipinski definition) is 3. The fourth-order valence-electron chi connectivity index (χ4n) is 6.67. The maximum atomic E-state index is 13.0. The van der Waals surface area contributed by atoms with Crippen molar-refractivity contribution >= 4 is 52.3 Å². The summed E-state index contributed by atoms with van der Waals surface area (Å²) in [4.78, 5) is 20.5. The third kappa shape index (κ3) is 6.69. The van der Waals surface area contributed by atoms with Crippen LogP contribution in [0.2, 0.25) is 0 Å². The molecule has 1 aliphatic carbocycles. The molecule has 0 spiro atoms. The molecule has 7 rings (SSSR count). The van der Waals surface area contributed by atoms with Crippen LogP contribution in [-0.2, 0) is 4.57 Å². The van der Waals surface area contributed by atoms with Crippen molar-refractivity contribution in [2.75, 3.05) is 75.2 Å². The van der Waals surface area contributed by atoms with E-state index >= 15 is 0 Å². The average molecular weight is 629 g/mol. The molecule has 2 saturated heterocycles. The van der Waals surface area contributed by atoms with Crippen LogP contribution < -0.4 is 25.6 Å². The molecular weight excluding hydrogens is 583 g/mol. The van der Waals surface area contributed by atoms with Gasteiger partial charge in [0.2, 0.25) is 5.95 Å². The third-order valence-corrected chi connectivity index (χ3v) is 11.1. The zero-order valence-electron chi connectivity index (χ0n) is 26.6. The molecule has 10 nitrogen and oxygen atoms in total. The number of aromatic nitrogens is 3. The average Bonchev–Trinajstić information content (AvgIpc) is 3.49. The van der Waals surface area contributed by atoms with Gasteiger partial charge in [0.15, 0.2) is 0 Å². The summed E-state index contributed by atoms with van der Waals surface area (Å²) in [5, 5.41) is 8.55. The number of rotatable bonds is 9. The maximum Gasteiger partial charge on any atom is 0.231 e. The highest BCUT2D eigenvalue weighted by molar-refractivity contribution is 7.70. The molecule has 3 N–H and O–H groups in total. The van der Waals surface area contributed by atoms with Gasteiger partial charge in [-0.3, -0.25) is 4.90 Å². The predicted octanol–water partition coefficient (Wildman–Crippen LogP) is 5.84. The minimum atomic E-state index is -2.50. The van der Waals surface area contributed by atoms with Crippen LogP contribution in [0.3, 0.4) is 0 Å². The maximum absolute atomic E-state index is 13.0. The minimum Gasteiger partial charge on any atom is -0.488 e. The second kappa shape index (κ2) is 12.7. The monoisotopic (exact) mass is 628 g/mol. The summed E-state index contributed by atoms with van der Waals surface area (Å²) in [5.41, 5.74) is 3.56. The largest absolute Gasteiger partial charge is 0.488 e. The van der Waals surface area contributed by atoms with E-state index in [1.54, 1.807) is 13.3 Å². The Labute approximate surface area is 265 Å². The fourth-order valence-corrected chi connectivity index (χ4v) is 7.83. The van der Waals surface area contributed by atoms with E-state index in [4.69, 9.17) is 14.7 Å². The van der Waals surface area contributed by atoms with Gasteiger partial charge >= 0.3 is 0 Å². The quantitative estimate of drug-likeness (QED) is 0.197. The van der Waals surface area contributed by atoms with Gasteiger partial charge in [-0.2, -0.15) is 9.97 Å². The van der Waals surface area contributed by atoms with Crippen LogP contribution in [-0.4, -0.2) is 96.5 Å². The number of para-hydroxylation sites is 1. The molecule has 2 aliphatic heterocycles. The molecule has 45 heavy (non-hydrogen) atoms. The lowest BCUT2D eigenvalue weighted by atomic mass is 9.96. The number of benzene rings is 2. The number of nitrogens with one attached hydrogen (secondary N) is 3. The topological polar surface area (TPSA) is 102 Å².